The Morgan fingerprint density at radius 1 is 1.71 bits per heavy atom. The van der Waals surface area contributed by atoms with Crippen LogP contribution in [0.4, 0.5) is 5.69 Å². The molecule has 6 nitrogen and oxygen atoms in total. The summed E-state index contributed by atoms with van der Waals surface area (Å²) in [6.45, 7) is 1.91. The highest BCUT2D eigenvalue weighted by Crippen LogP contribution is 2.33. The van der Waals surface area contributed by atoms with Crippen LogP contribution in [-0.2, 0) is 0 Å². The molecule has 0 saturated carbocycles. The van der Waals surface area contributed by atoms with Crippen molar-refractivity contribution in [2.24, 2.45) is 5.84 Å². The molecule has 0 aromatic heterocycles. The zero-order chi connectivity index (χ0) is 13.0. The maximum Gasteiger partial charge on any atom is 0.266 e. The lowest BCUT2D eigenvalue weighted by molar-refractivity contribution is 0.0951. The van der Waals surface area contributed by atoms with Crippen LogP contribution >= 0.6 is 23.4 Å². The van der Waals surface area contributed by atoms with E-state index in [0.29, 0.717) is 4.90 Å². The smallest absolute Gasteiger partial charge is 0.266 e. The molecule has 4 N–H and O–H groups in total. The maximum atomic E-state index is 11.5. The van der Waals surface area contributed by atoms with Crippen LogP contribution in [-0.4, -0.2) is 16.9 Å². The molecule has 0 saturated heterocycles. The molecule has 0 unspecified atom stereocenters. The molecule has 0 spiro atoms. The van der Waals surface area contributed by atoms with Crippen LogP contribution in [0.2, 0.25) is 5.02 Å². The van der Waals surface area contributed by atoms with Gasteiger partial charge in [0.25, 0.3) is 5.91 Å². The Balaban J connectivity index is 3.31. The van der Waals surface area contributed by atoms with Crippen molar-refractivity contribution in [1.82, 2.24) is 5.43 Å². The highest BCUT2D eigenvalue weighted by molar-refractivity contribution is 7.99. The molecular formula is C9H11ClN3O3S-. The Labute approximate surface area is 107 Å². The number of amides is 1. The third-order valence-corrected chi connectivity index (χ3v) is 3.17. The minimum atomic E-state index is -0.555. The minimum Gasteiger partial charge on any atom is -0.733 e. The first kappa shape index (κ1) is 14.1. The summed E-state index contributed by atoms with van der Waals surface area (Å²) in [5.41, 5.74) is 1.95. The Kier molecular flexibility index (Phi) is 5.03. The lowest BCUT2D eigenvalue weighted by Crippen LogP contribution is -2.30. The number of carbonyl (C=O) groups is 1. The standard InChI is InChI=1S/C9H11ClN3O3S/c1-2-17-8-4-6(10)7(13(15)16)3-5(8)9(14)12-11/h3-4,15H,2,11H2,1H3,(H,12,14)/q-1. The fraction of sp³-hybridized carbons (Fsp3) is 0.222. The van der Waals surface area contributed by atoms with E-state index in [2.05, 4.69) is 0 Å². The number of nitrogens with two attached hydrogens (primary N) is 1. The van der Waals surface area contributed by atoms with Gasteiger partial charge in [0.05, 0.1) is 16.3 Å². The molecule has 94 valence electrons. The number of hydrazine groups is 1. The Hall–Kier alpha value is -0.990. The van der Waals surface area contributed by atoms with Crippen molar-refractivity contribution < 1.29 is 10.0 Å². The predicted molar refractivity (Wildman–Crippen MR) is 67.1 cm³/mol. The molecule has 0 radical (unpaired) electrons. The Bertz CT molecular complexity index is 428. The fourth-order valence-electron chi connectivity index (χ4n) is 1.22. The molecule has 0 atom stereocenters. The average Bonchev–Trinajstić information content (AvgIpc) is 2.28. The number of nitrogens with one attached hydrogen (secondary N) is 1. The van der Waals surface area contributed by atoms with E-state index in [9.17, 15) is 10.0 Å². The summed E-state index contributed by atoms with van der Waals surface area (Å²) in [5.74, 6) is 5.21. The van der Waals surface area contributed by atoms with Gasteiger partial charge in [0.2, 0.25) is 0 Å². The lowest BCUT2D eigenvalue weighted by Gasteiger charge is -2.24. The summed E-state index contributed by atoms with van der Waals surface area (Å²) in [5, 5.41) is 19.3. The van der Waals surface area contributed by atoms with E-state index in [1.165, 1.54) is 23.9 Å². The molecule has 0 aliphatic heterocycles. The largest absolute Gasteiger partial charge is 0.733 e. The second-order valence-corrected chi connectivity index (χ2v) is 4.69. The second kappa shape index (κ2) is 6.08. The van der Waals surface area contributed by atoms with Crippen molar-refractivity contribution in [1.29, 1.82) is 0 Å². The Morgan fingerprint density at radius 2 is 2.35 bits per heavy atom. The number of nitrogens with zero attached hydrogens (tertiary/aromatic N) is 1. The first-order valence-corrected chi connectivity index (χ1v) is 6.01. The predicted octanol–water partition coefficient (Wildman–Crippen LogP) is 1.75. The van der Waals surface area contributed by atoms with Crippen molar-refractivity contribution in [3.8, 4) is 0 Å². The molecule has 0 heterocycles. The van der Waals surface area contributed by atoms with Crippen LogP contribution < -0.4 is 16.5 Å². The van der Waals surface area contributed by atoms with Crippen molar-refractivity contribution >= 4 is 35.0 Å². The van der Waals surface area contributed by atoms with E-state index >= 15 is 0 Å². The fourth-order valence-corrected chi connectivity index (χ4v) is 2.34. The van der Waals surface area contributed by atoms with Crippen molar-refractivity contribution in [3.05, 3.63) is 27.9 Å². The average molecular weight is 277 g/mol. The van der Waals surface area contributed by atoms with Gasteiger partial charge in [0.15, 0.2) is 0 Å². The van der Waals surface area contributed by atoms with Gasteiger partial charge in [-0.25, -0.2) is 5.84 Å². The van der Waals surface area contributed by atoms with Crippen molar-refractivity contribution in [2.45, 2.75) is 11.8 Å². The number of thioether (sulfide) groups is 1. The topological polar surface area (TPSA) is 102 Å². The first-order chi connectivity index (χ1) is 8.01. The van der Waals surface area contributed by atoms with Crippen LogP contribution in [0.25, 0.3) is 0 Å². The third kappa shape index (κ3) is 3.24. The summed E-state index contributed by atoms with van der Waals surface area (Å²) >= 11 is 7.18. The van der Waals surface area contributed by atoms with Crippen LogP contribution in [0.3, 0.4) is 0 Å². The van der Waals surface area contributed by atoms with E-state index in [0.717, 1.165) is 5.75 Å². The van der Waals surface area contributed by atoms with Gasteiger partial charge in [-0.15, -0.1) is 11.8 Å². The quantitative estimate of drug-likeness (QED) is 0.335. The summed E-state index contributed by atoms with van der Waals surface area (Å²) in [4.78, 5) is 12.1. The molecule has 1 aromatic rings. The van der Waals surface area contributed by atoms with Crippen LogP contribution in [0.1, 0.15) is 17.3 Å². The van der Waals surface area contributed by atoms with Gasteiger partial charge < -0.3 is 10.4 Å². The summed E-state index contributed by atoms with van der Waals surface area (Å²) < 4.78 is 0. The number of anilines is 1. The monoisotopic (exact) mass is 276 g/mol. The minimum absolute atomic E-state index is 0.0621. The molecule has 17 heavy (non-hydrogen) atoms. The highest BCUT2D eigenvalue weighted by Gasteiger charge is 2.14. The molecule has 1 amide bonds. The van der Waals surface area contributed by atoms with E-state index in [1.54, 1.807) is 0 Å². The number of benzene rings is 1. The number of nitrogen functional groups attached to an aromatic ring is 1. The lowest BCUT2D eigenvalue weighted by atomic mass is 10.2. The number of rotatable bonds is 4. The van der Waals surface area contributed by atoms with Crippen LogP contribution in [0.15, 0.2) is 17.0 Å². The van der Waals surface area contributed by atoms with E-state index in [-0.39, 0.29) is 16.3 Å². The summed E-state index contributed by atoms with van der Waals surface area (Å²) in [6.07, 6.45) is 0. The molecule has 0 fully saturated rings. The van der Waals surface area contributed by atoms with E-state index in [4.69, 9.17) is 22.7 Å². The second-order valence-electron chi connectivity index (χ2n) is 2.98. The summed E-state index contributed by atoms with van der Waals surface area (Å²) in [7, 11) is 0. The van der Waals surface area contributed by atoms with Gasteiger partial charge in [0, 0.05) is 4.90 Å². The van der Waals surface area contributed by atoms with E-state index < -0.39 is 11.1 Å². The zero-order valence-electron chi connectivity index (χ0n) is 8.94. The molecule has 0 aliphatic carbocycles. The van der Waals surface area contributed by atoms with Crippen molar-refractivity contribution in [2.75, 3.05) is 11.0 Å². The molecule has 1 aromatic carbocycles. The van der Waals surface area contributed by atoms with Crippen molar-refractivity contribution in [3.63, 3.8) is 0 Å². The molecule has 0 bridgehead atoms. The molecule has 8 heteroatoms. The van der Waals surface area contributed by atoms with E-state index in [1.807, 2.05) is 12.3 Å². The third-order valence-electron chi connectivity index (χ3n) is 1.93. The molecule has 0 aliphatic rings. The highest BCUT2D eigenvalue weighted by atomic mass is 35.5. The number of halogens is 1. The van der Waals surface area contributed by atoms with Gasteiger partial charge >= 0.3 is 0 Å². The normalized spacial score (nSPS) is 10.2. The first-order valence-electron chi connectivity index (χ1n) is 4.64. The van der Waals surface area contributed by atoms with Crippen LogP contribution in [0.5, 0.6) is 0 Å². The van der Waals surface area contributed by atoms with Gasteiger partial charge in [-0.3, -0.25) is 15.4 Å². The van der Waals surface area contributed by atoms with Gasteiger partial charge in [-0.05, 0) is 17.9 Å². The maximum absolute atomic E-state index is 11.5. The van der Waals surface area contributed by atoms with Gasteiger partial charge in [-0.1, -0.05) is 18.5 Å². The zero-order valence-corrected chi connectivity index (χ0v) is 10.5. The summed E-state index contributed by atoms with van der Waals surface area (Å²) in [6, 6.07) is 2.63. The molecule has 1 rings (SSSR count). The Morgan fingerprint density at radius 3 is 2.82 bits per heavy atom. The number of hydrogen-bond acceptors (Lipinski definition) is 6. The van der Waals surface area contributed by atoms with Crippen LogP contribution in [0, 0.1) is 5.21 Å². The molecular weight excluding hydrogens is 266 g/mol. The SMILES string of the molecule is CCSc1cc(Cl)c(N([O-])O)cc1C(=O)NN. The van der Waals surface area contributed by atoms with Gasteiger partial charge in [-0.2, -0.15) is 0 Å². The van der Waals surface area contributed by atoms with Gasteiger partial charge in [0.1, 0.15) is 0 Å². The number of hydrogen-bond donors (Lipinski definition) is 3. The number of carbonyl (C=O) groups excluding carboxylic acids is 1.